The lowest BCUT2D eigenvalue weighted by Crippen LogP contribution is -2.33. The summed E-state index contributed by atoms with van der Waals surface area (Å²) >= 11 is 0. The predicted molar refractivity (Wildman–Crippen MR) is 78.7 cm³/mol. The van der Waals surface area contributed by atoms with Crippen molar-refractivity contribution in [2.75, 3.05) is 13.1 Å². The summed E-state index contributed by atoms with van der Waals surface area (Å²) in [5, 5.41) is 14.0. The fourth-order valence-corrected chi connectivity index (χ4v) is 2.56. The van der Waals surface area contributed by atoms with Gasteiger partial charge >= 0.3 is 0 Å². The van der Waals surface area contributed by atoms with E-state index in [-0.39, 0.29) is 0 Å². The first-order valence-electron chi connectivity index (χ1n) is 7.65. The molecule has 2 N–H and O–H groups in total. The number of hydrogen-bond donors (Lipinski definition) is 2. The van der Waals surface area contributed by atoms with Gasteiger partial charge in [0.1, 0.15) is 0 Å². The average molecular weight is 253 g/mol. The third kappa shape index (κ3) is 6.01. The van der Waals surface area contributed by atoms with E-state index in [4.69, 9.17) is 0 Å². The predicted octanol–water partition coefficient (Wildman–Crippen LogP) is 3.65. The van der Waals surface area contributed by atoms with Crippen LogP contribution in [-0.2, 0) is 0 Å². The Balaban J connectivity index is 2.39. The van der Waals surface area contributed by atoms with Crippen LogP contribution in [0.4, 0.5) is 0 Å². The van der Waals surface area contributed by atoms with Gasteiger partial charge in [0.15, 0.2) is 0 Å². The lowest BCUT2D eigenvalue weighted by atomic mass is 9.86. The second kappa shape index (κ2) is 7.96. The molecule has 1 aliphatic carbocycles. The number of nitrogens with one attached hydrogen (secondary N) is 1. The summed E-state index contributed by atoms with van der Waals surface area (Å²) in [4.78, 5) is 0. The SMILES string of the molecule is CC(C)CNCCC(C)(O)C1=CCCCCCC1. The minimum absolute atomic E-state index is 0.610. The number of aliphatic hydroxyl groups is 1. The van der Waals surface area contributed by atoms with Crippen molar-refractivity contribution in [1.82, 2.24) is 5.32 Å². The van der Waals surface area contributed by atoms with Crippen LogP contribution in [0.25, 0.3) is 0 Å². The summed E-state index contributed by atoms with van der Waals surface area (Å²) in [6.07, 6.45) is 10.5. The van der Waals surface area contributed by atoms with Crippen molar-refractivity contribution >= 4 is 0 Å². The van der Waals surface area contributed by atoms with Gasteiger partial charge in [-0.1, -0.05) is 32.8 Å². The van der Waals surface area contributed by atoms with Gasteiger partial charge < -0.3 is 10.4 Å². The van der Waals surface area contributed by atoms with Gasteiger partial charge in [0.05, 0.1) is 5.60 Å². The van der Waals surface area contributed by atoms with Crippen LogP contribution < -0.4 is 5.32 Å². The molecule has 0 bridgehead atoms. The van der Waals surface area contributed by atoms with E-state index in [2.05, 4.69) is 25.2 Å². The van der Waals surface area contributed by atoms with Gasteiger partial charge in [0.25, 0.3) is 0 Å². The Morgan fingerprint density at radius 3 is 2.72 bits per heavy atom. The van der Waals surface area contributed by atoms with Crippen LogP contribution in [0.5, 0.6) is 0 Å². The Kier molecular flexibility index (Phi) is 6.95. The van der Waals surface area contributed by atoms with Crippen LogP contribution in [0.3, 0.4) is 0 Å². The third-order valence-corrected chi connectivity index (χ3v) is 3.82. The Labute approximate surface area is 113 Å². The van der Waals surface area contributed by atoms with Gasteiger partial charge in [-0.25, -0.2) is 0 Å². The summed E-state index contributed by atoms with van der Waals surface area (Å²) in [6, 6.07) is 0. The third-order valence-electron chi connectivity index (χ3n) is 3.82. The molecule has 2 nitrogen and oxygen atoms in total. The Morgan fingerprint density at radius 1 is 1.28 bits per heavy atom. The van der Waals surface area contributed by atoms with Crippen molar-refractivity contribution < 1.29 is 5.11 Å². The largest absolute Gasteiger partial charge is 0.386 e. The Hall–Kier alpha value is -0.340. The standard InChI is InChI=1S/C16H31NO/c1-14(2)13-17-12-11-16(3,18)15-9-7-5-4-6-8-10-15/h9,14,17-18H,4-8,10-13H2,1-3H3. The highest BCUT2D eigenvalue weighted by atomic mass is 16.3. The summed E-state index contributed by atoms with van der Waals surface area (Å²) in [6.45, 7) is 8.35. The highest BCUT2D eigenvalue weighted by Crippen LogP contribution is 2.28. The molecule has 1 unspecified atom stereocenters. The smallest absolute Gasteiger partial charge is 0.0840 e. The molecule has 1 aliphatic rings. The minimum Gasteiger partial charge on any atom is -0.386 e. The highest BCUT2D eigenvalue weighted by molar-refractivity contribution is 5.15. The molecule has 0 aliphatic heterocycles. The van der Waals surface area contributed by atoms with Crippen molar-refractivity contribution in [1.29, 1.82) is 0 Å². The van der Waals surface area contributed by atoms with E-state index in [0.29, 0.717) is 5.92 Å². The molecular weight excluding hydrogens is 222 g/mol. The van der Waals surface area contributed by atoms with Gasteiger partial charge in [-0.3, -0.25) is 0 Å². The van der Waals surface area contributed by atoms with E-state index >= 15 is 0 Å². The molecule has 1 rings (SSSR count). The molecule has 2 heteroatoms. The van der Waals surface area contributed by atoms with E-state index in [1.165, 1.54) is 31.3 Å². The summed E-state index contributed by atoms with van der Waals surface area (Å²) in [5.41, 5.74) is 0.662. The van der Waals surface area contributed by atoms with E-state index in [1.54, 1.807) is 0 Å². The van der Waals surface area contributed by atoms with E-state index < -0.39 is 5.60 Å². The van der Waals surface area contributed by atoms with E-state index in [0.717, 1.165) is 32.4 Å². The molecule has 0 fully saturated rings. The fraction of sp³-hybridized carbons (Fsp3) is 0.875. The highest BCUT2D eigenvalue weighted by Gasteiger charge is 2.25. The topological polar surface area (TPSA) is 32.3 Å². The molecular formula is C16H31NO. The maximum absolute atomic E-state index is 10.6. The normalized spacial score (nSPS) is 21.1. The zero-order chi connectivity index (χ0) is 13.4. The van der Waals surface area contributed by atoms with Crippen LogP contribution >= 0.6 is 0 Å². The molecule has 0 aromatic rings. The van der Waals surface area contributed by atoms with Crippen LogP contribution in [0.15, 0.2) is 11.6 Å². The van der Waals surface area contributed by atoms with Gasteiger partial charge in [-0.2, -0.15) is 0 Å². The zero-order valence-corrected chi connectivity index (χ0v) is 12.5. The average Bonchev–Trinajstić information content (AvgIpc) is 2.23. The number of allylic oxidation sites excluding steroid dienone is 1. The fourth-order valence-electron chi connectivity index (χ4n) is 2.56. The first-order valence-corrected chi connectivity index (χ1v) is 7.65. The monoisotopic (exact) mass is 253 g/mol. The lowest BCUT2D eigenvalue weighted by molar-refractivity contribution is 0.0840. The maximum Gasteiger partial charge on any atom is 0.0840 e. The Morgan fingerprint density at radius 2 is 2.00 bits per heavy atom. The van der Waals surface area contributed by atoms with E-state index in [1.807, 2.05) is 6.92 Å². The van der Waals surface area contributed by atoms with Gasteiger partial charge in [0.2, 0.25) is 0 Å². The molecule has 0 radical (unpaired) electrons. The molecule has 0 saturated heterocycles. The molecule has 106 valence electrons. The molecule has 0 spiro atoms. The van der Waals surface area contributed by atoms with E-state index in [9.17, 15) is 5.11 Å². The van der Waals surface area contributed by atoms with Gasteiger partial charge in [-0.15, -0.1) is 0 Å². The second-order valence-corrected chi connectivity index (χ2v) is 6.30. The molecule has 0 saturated carbocycles. The number of hydrogen-bond acceptors (Lipinski definition) is 2. The van der Waals surface area contributed by atoms with Crippen molar-refractivity contribution in [3.8, 4) is 0 Å². The van der Waals surface area contributed by atoms with Crippen molar-refractivity contribution in [2.24, 2.45) is 5.92 Å². The van der Waals surface area contributed by atoms with Crippen LogP contribution in [0.1, 0.15) is 65.7 Å². The van der Waals surface area contributed by atoms with Crippen LogP contribution in [0, 0.1) is 5.92 Å². The maximum atomic E-state index is 10.6. The summed E-state index contributed by atoms with van der Waals surface area (Å²) < 4.78 is 0. The first-order chi connectivity index (χ1) is 8.52. The first kappa shape index (κ1) is 15.7. The van der Waals surface area contributed by atoms with Gasteiger partial charge in [0, 0.05) is 0 Å². The van der Waals surface area contributed by atoms with Crippen molar-refractivity contribution in [2.45, 2.75) is 71.3 Å². The Bertz CT molecular complexity index is 256. The molecule has 0 aromatic carbocycles. The zero-order valence-electron chi connectivity index (χ0n) is 12.5. The summed E-state index contributed by atoms with van der Waals surface area (Å²) in [5.74, 6) is 0.676. The molecule has 18 heavy (non-hydrogen) atoms. The minimum atomic E-state index is -0.610. The molecule has 0 aromatic heterocycles. The quantitative estimate of drug-likeness (QED) is 0.559. The lowest BCUT2D eigenvalue weighted by Gasteiger charge is -2.28. The van der Waals surface area contributed by atoms with Crippen LogP contribution in [0.2, 0.25) is 0 Å². The number of rotatable bonds is 6. The molecule has 1 atom stereocenters. The molecule has 0 amide bonds. The van der Waals surface area contributed by atoms with Crippen LogP contribution in [-0.4, -0.2) is 23.8 Å². The second-order valence-electron chi connectivity index (χ2n) is 6.30. The van der Waals surface area contributed by atoms with Crippen molar-refractivity contribution in [3.05, 3.63) is 11.6 Å². The molecule has 0 heterocycles. The van der Waals surface area contributed by atoms with Crippen molar-refractivity contribution in [3.63, 3.8) is 0 Å². The van der Waals surface area contributed by atoms with Gasteiger partial charge in [-0.05, 0) is 63.6 Å². The summed E-state index contributed by atoms with van der Waals surface area (Å²) in [7, 11) is 0.